The van der Waals surface area contributed by atoms with E-state index in [2.05, 4.69) is 38.8 Å². The van der Waals surface area contributed by atoms with Crippen LogP contribution in [0.3, 0.4) is 0 Å². The van der Waals surface area contributed by atoms with Crippen LogP contribution in [0.25, 0.3) is 0 Å². The first-order valence-electron chi connectivity index (χ1n) is 10.5. The largest absolute Gasteiger partial charge is 0.444 e. The second kappa shape index (κ2) is 6.51. The van der Waals surface area contributed by atoms with Crippen molar-refractivity contribution in [2.45, 2.75) is 116 Å². The number of carbonyl (C=O) groups excluding carboxylic acids is 1. The van der Waals surface area contributed by atoms with E-state index >= 15 is 0 Å². The van der Waals surface area contributed by atoms with Gasteiger partial charge in [-0.05, 0) is 82.8 Å². The van der Waals surface area contributed by atoms with Gasteiger partial charge in [0.15, 0.2) is 8.32 Å². The standard InChI is InChI=1S/C21H39NO3Si/c1-20(2,3)24-19(23)22-16(14-9-10-14)13-17(18(22)15-11-12-15)25-26(7,8)21(4,5)6/h14-18H,9-13H2,1-8H3/t16?,17-,18-/m0/s1. The predicted molar refractivity (Wildman–Crippen MR) is 108 cm³/mol. The summed E-state index contributed by atoms with van der Waals surface area (Å²) < 4.78 is 12.7. The normalized spacial score (nSPS) is 30.6. The number of hydrogen-bond acceptors (Lipinski definition) is 3. The van der Waals surface area contributed by atoms with Crippen LogP contribution in [0.15, 0.2) is 0 Å². The summed E-state index contributed by atoms with van der Waals surface area (Å²) >= 11 is 0. The minimum absolute atomic E-state index is 0.118. The van der Waals surface area contributed by atoms with Crippen LogP contribution in [0.2, 0.25) is 18.1 Å². The lowest BCUT2D eigenvalue weighted by Gasteiger charge is -2.40. The minimum Gasteiger partial charge on any atom is -0.444 e. The van der Waals surface area contributed by atoms with E-state index < -0.39 is 13.9 Å². The van der Waals surface area contributed by atoms with Crippen LogP contribution < -0.4 is 0 Å². The Labute approximate surface area is 161 Å². The van der Waals surface area contributed by atoms with Crippen molar-refractivity contribution in [3.8, 4) is 0 Å². The van der Waals surface area contributed by atoms with Gasteiger partial charge >= 0.3 is 6.09 Å². The van der Waals surface area contributed by atoms with Gasteiger partial charge < -0.3 is 9.16 Å². The first kappa shape index (κ1) is 20.2. The quantitative estimate of drug-likeness (QED) is 0.597. The summed E-state index contributed by atoms with van der Waals surface area (Å²) in [4.78, 5) is 15.2. The molecule has 3 rings (SSSR count). The number of rotatable bonds is 4. The van der Waals surface area contributed by atoms with Crippen molar-refractivity contribution >= 4 is 14.4 Å². The maximum atomic E-state index is 13.1. The molecule has 3 fully saturated rings. The third kappa shape index (κ3) is 4.29. The van der Waals surface area contributed by atoms with Gasteiger partial charge in [-0.3, -0.25) is 4.90 Å². The zero-order chi connectivity index (χ0) is 19.5. The van der Waals surface area contributed by atoms with Crippen molar-refractivity contribution in [3.05, 3.63) is 0 Å². The van der Waals surface area contributed by atoms with E-state index in [1.54, 1.807) is 0 Å². The van der Waals surface area contributed by atoms with E-state index in [4.69, 9.17) is 9.16 Å². The van der Waals surface area contributed by atoms with E-state index in [9.17, 15) is 4.79 Å². The number of amides is 1. The van der Waals surface area contributed by atoms with Crippen LogP contribution in [0.5, 0.6) is 0 Å². The smallest absolute Gasteiger partial charge is 0.410 e. The summed E-state index contributed by atoms with van der Waals surface area (Å²) in [5.74, 6) is 1.25. The number of ether oxygens (including phenoxy) is 1. The van der Waals surface area contributed by atoms with Gasteiger partial charge in [-0.25, -0.2) is 4.79 Å². The van der Waals surface area contributed by atoms with Crippen LogP contribution in [0.1, 0.15) is 73.6 Å². The molecule has 5 heteroatoms. The van der Waals surface area contributed by atoms with Crippen molar-refractivity contribution in [1.29, 1.82) is 0 Å². The summed E-state index contributed by atoms with van der Waals surface area (Å²) in [6.45, 7) is 17.4. The van der Waals surface area contributed by atoms with Crippen molar-refractivity contribution in [2.24, 2.45) is 11.8 Å². The second-order valence-corrected chi connectivity index (χ2v) is 16.0. The zero-order valence-corrected chi connectivity index (χ0v) is 19.1. The average molecular weight is 382 g/mol. The molecule has 0 N–H and O–H groups in total. The van der Waals surface area contributed by atoms with Gasteiger partial charge in [0.1, 0.15) is 5.60 Å². The Morgan fingerprint density at radius 3 is 1.92 bits per heavy atom. The lowest BCUT2D eigenvalue weighted by atomic mass is 10.1. The van der Waals surface area contributed by atoms with Gasteiger partial charge in [0.05, 0.1) is 12.1 Å². The molecule has 0 bridgehead atoms. The fraction of sp³-hybridized carbons (Fsp3) is 0.952. The van der Waals surface area contributed by atoms with E-state index in [1.165, 1.54) is 25.7 Å². The highest BCUT2D eigenvalue weighted by Gasteiger charge is 2.57. The van der Waals surface area contributed by atoms with Gasteiger partial charge in [0.25, 0.3) is 0 Å². The van der Waals surface area contributed by atoms with E-state index in [1.807, 2.05) is 20.8 Å². The van der Waals surface area contributed by atoms with E-state index in [0.717, 1.165) is 6.42 Å². The number of nitrogens with zero attached hydrogens (tertiary/aromatic N) is 1. The average Bonchev–Trinajstić information content (AvgIpc) is 3.33. The molecule has 1 heterocycles. The Bertz CT molecular complexity index is 540. The molecule has 0 aromatic carbocycles. The number of hydrogen-bond donors (Lipinski definition) is 0. The van der Waals surface area contributed by atoms with E-state index in [-0.39, 0.29) is 23.3 Å². The highest BCUT2D eigenvalue weighted by atomic mass is 28.4. The van der Waals surface area contributed by atoms with Crippen molar-refractivity contribution in [2.75, 3.05) is 0 Å². The fourth-order valence-electron chi connectivity index (χ4n) is 4.01. The lowest BCUT2D eigenvalue weighted by molar-refractivity contribution is 0.00470. The van der Waals surface area contributed by atoms with E-state index in [0.29, 0.717) is 17.9 Å². The Hall–Kier alpha value is -0.553. The van der Waals surface area contributed by atoms with Crippen LogP contribution in [-0.2, 0) is 9.16 Å². The highest BCUT2D eigenvalue weighted by Crippen LogP contribution is 2.51. The molecule has 1 unspecified atom stereocenters. The molecule has 3 atom stereocenters. The summed E-state index contributed by atoms with van der Waals surface area (Å²) in [5.41, 5.74) is -0.447. The Balaban J connectivity index is 1.84. The Morgan fingerprint density at radius 1 is 0.962 bits per heavy atom. The highest BCUT2D eigenvalue weighted by molar-refractivity contribution is 6.74. The van der Waals surface area contributed by atoms with Crippen LogP contribution in [0, 0.1) is 11.8 Å². The molecule has 150 valence electrons. The first-order valence-corrected chi connectivity index (χ1v) is 13.4. The fourth-order valence-corrected chi connectivity index (χ4v) is 5.35. The minimum atomic E-state index is -1.86. The summed E-state index contributed by atoms with van der Waals surface area (Å²) in [5, 5.41) is 0.190. The third-order valence-corrected chi connectivity index (χ3v) is 11.2. The summed E-state index contributed by atoms with van der Waals surface area (Å²) in [6, 6.07) is 0.523. The first-order chi connectivity index (χ1) is 11.8. The molecule has 2 aliphatic carbocycles. The summed E-state index contributed by atoms with van der Waals surface area (Å²) in [7, 11) is -1.86. The molecule has 1 saturated heterocycles. The van der Waals surface area contributed by atoms with Crippen LogP contribution in [-0.4, -0.2) is 43.1 Å². The topological polar surface area (TPSA) is 38.8 Å². The van der Waals surface area contributed by atoms with Crippen molar-refractivity contribution in [1.82, 2.24) is 4.90 Å². The van der Waals surface area contributed by atoms with Gasteiger partial charge in [0.2, 0.25) is 0 Å². The number of likely N-dealkylation sites (tertiary alicyclic amines) is 1. The molecule has 4 nitrogen and oxygen atoms in total. The third-order valence-electron chi connectivity index (χ3n) is 6.66. The summed E-state index contributed by atoms with van der Waals surface area (Å²) in [6.07, 6.45) is 5.99. The van der Waals surface area contributed by atoms with Crippen molar-refractivity contribution < 1.29 is 14.0 Å². The molecule has 1 aliphatic heterocycles. The number of carbonyl (C=O) groups is 1. The molecule has 0 aromatic rings. The van der Waals surface area contributed by atoms with Gasteiger partial charge in [-0.1, -0.05) is 20.8 Å². The Kier molecular flexibility index (Phi) is 5.05. The molecule has 0 radical (unpaired) electrons. The second-order valence-electron chi connectivity index (χ2n) is 11.3. The van der Waals surface area contributed by atoms with Crippen LogP contribution >= 0.6 is 0 Å². The molecule has 0 aromatic heterocycles. The molecule has 3 aliphatic rings. The lowest BCUT2D eigenvalue weighted by Crippen LogP contribution is -2.51. The van der Waals surface area contributed by atoms with Crippen LogP contribution in [0.4, 0.5) is 4.79 Å². The Morgan fingerprint density at radius 2 is 1.50 bits per heavy atom. The molecule has 26 heavy (non-hydrogen) atoms. The zero-order valence-electron chi connectivity index (χ0n) is 18.1. The molecule has 0 spiro atoms. The van der Waals surface area contributed by atoms with Crippen molar-refractivity contribution in [3.63, 3.8) is 0 Å². The molecular weight excluding hydrogens is 342 g/mol. The maximum Gasteiger partial charge on any atom is 0.410 e. The molecule has 2 saturated carbocycles. The SMILES string of the molecule is CC(C)(C)OC(=O)N1C(C2CC2)C[C@H](O[Si](C)(C)C(C)(C)C)[C@@H]1C1CC1. The molecule has 1 amide bonds. The van der Waals surface area contributed by atoms with Gasteiger partial charge in [-0.2, -0.15) is 0 Å². The van der Waals surface area contributed by atoms with Gasteiger partial charge in [-0.15, -0.1) is 0 Å². The molecular formula is C21H39NO3Si. The van der Waals surface area contributed by atoms with Gasteiger partial charge in [0, 0.05) is 6.04 Å². The maximum absolute atomic E-state index is 13.1. The predicted octanol–water partition coefficient (Wildman–Crippen LogP) is 5.57. The monoisotopic (exact) mass is 381 g/mol.